The second-order valence-electron chi connectivity index (χ2n) is 2.11. The van der Waals surface area contributed by atoms with Crippen molar-refractivity contribution in [3.05, 3.63) is 0 Å². The number of rotatable bonds is 5. The fraction of sp³-hybridized carbons (Fsp3) is 1.00. The summed E-state index contributed by atoms with van der Waals surface area (Å²) in [7, 11) is 0. The average molecular weight is 135 g/mol. The summed E-state index contributed by atoms with van der Waals surface area (Å²) in [6, 6.07) is 0. The smallest absolute Gasteiger partial charge is 0.102 e. The first-order valence-corrected chi connectivity index (χ1v) is 3.27. The minimum absolute atomic E-state index is 0.263. The molecule has 0 aliphatic rings. The summed E-state index contributed by atoms with van der Waals surface area (Å²) in [6.45, 7) is -0.263. The van der Waals surface area contributed by atoms with Gasteiger partial charge in [-0.3, -0.25) is 4.39 Å². The highest BCUT2D eigenvalue weighted by molar-refractivity contribution is 4.46. The summed E-state index contributed by atoms with van der Waals surface area (Å²) >= 11 is 0. The Balaban J connectivity index is 2.75. The predicted octanol–water partition coefficient (Wildman–Crippen LogP) is 0.793. The summed E-state index contributed by atoms with van der Waals surface area (Å²) in [6.07, 6.45) is 2.10. The third-order valence-corrected chi connectivity index (χ3v) is 1.13. The Bertz CT molecular complexity index is 59.0. The van der Waals surface area contributed by atoms with Crippen molar-refractivity contribution < 1.29 is 9.50 Å². The first kappa shape index (κ1) is 8.85. The van der Waals surface area contributed by atoms with Crippen LogP contribution in [0.25, 0.3) is 0 Å². The maximum Gasteiger partial charge on any atom is 0.102 e. The van der Waals surface area contributed by atoms with Crippen molar-refractivity contribution in [1.82, 2.24) is 0 Å². The molecule has 2 nitrogen and oxygen atoms in total. The molecule has 0 aliphatic heterocycles. The van der Waals surface area contributed by atoms with E-state index in [2.05, 4.69) is 0 Å². The van der Waals surface area contributed by atoms with Gasteiger partial charge in [-0.25, -0.2) is 0 Å². The van der Waals surface area contributed by atoms with E-state index in [1.54, 1.807) is 0 Å². The second-order valence-corrected chi connectivity index (χ2v) is 2.11. The van der Waals surface area contributed by atoms with Gasteiger partial charge in [-0.05, 0) is 19.3 Å². The van der Waals surface area contributed by atoms with Gasteiger partial charge in [0.15, 0.2) is 0 Å². The van der Waals surface area contributed by atoms with Gasteiger partial charge in [-0.2, -0.15) is 0 Å². The fourth-order valence-electron chi connectivity index (χ4n) is 0.625. The van der Waals surface area contributed by atoms with Crippen LogP contribution in [0.2, 0.25) is 0 Å². The molecule has 0 heterocycles. The number of halogens is 1. The van der Waals surface area contributed by atoms with Gasteiger partial charge in [0.25, 0.3) is 0 Å². The maximum absolute atomic E-state index is 11.4. The van der Waals surface area contributed by atoms with Crippen molar-refractivity contribution in [2.45, 2.75) is 31.9 Å². The molecule has 3 N–H and O–H groups in total. The van der Waals surface area contributed by atoms with Crippen LogP contribution in [0.5, 0.6) is 0 Å². The highest BCUT2D eigenvalue weighted by Crippen LogP contribution is 2.00. The van der Waals surface area contributed by atoms with Gasteiger partial charge in [0.1, 0.15) is 6.23 Å². The van der Waals surface area contributed by atoms with E-state index in [1.807, 2.05) is 0 Å². The van der Waals surface area contributed by atoms with Crippen molar-refractivity contribution in [2.24, 2.45) is 5.73 Å². The quantitative estimate of drug-likeness (QED) is 0.432. The number of hydrogen-bond acceptors (Lipinski definition) is 2. The van der Waals surface area contributed by atoms with Crippen molar-refractivity contribution in [1.29, 1.82) is 0 Å². The Morgan fingerprint density at radius 2 is 2.00 bits per heavy atom. The number of aliphatic hydroxyl groups is 1. The molecule has 0 radical (unpaired) electrons. The van der Waals surface area contributed by atoms with Crippen LogP contribution in [0.15, 0.2) is 0 Å². The second kappa shape index (κ2) is 5.98. The normalized spacial score (nSPS) is 13.7. The molecule has 56 valence electrons. The summed E-state index contributed by atoms with van der Waals surface area (Å²) in [5.41, 5.74) is 5.04. The van der Waals surface area contributed by atoms with Gasteiger partial charge in [0.05, 0.1) is 6.67 Å². The molecule has 0 bridgehead atoms. The standard InChI is InChI=1S/C6H14FNO/c7-5-3-1-2-4-6(8)9/h6,9H,1-5,8H2/t6-/m1/s1. The Labute approximate surface area is 54.9 Å². The molecule has 0 saturated carbocycles. The molecule has 0 aliphatic carbocycles. The lowest BCUT2D eigenvalue weighted by molar-refractivity contribution is 0.167. The number of hydrogen-bond donors (Lipinski definition) is 2. The molecule has 1 atom stereocenters. The third kappa shape index (κ3) is 7.85. The lowest BCUT2D eigenvalue weighted by Crippen LogP contribution is -2.17. The maximum atomic E-state index is 11.4. The van der Waals surface area contributed by atoms with Crippen LogP contribution < -0.4 is 5.73 Å². The summed E-state index contributed by atoms with van der Waals surface area (Å²) < 4.78 is 11.4. The molecule has 0 unspecified atom stereocenters. The molecular weight excluding hydrogens is 121 g/mol. The summed E-state index contributed by atoms with van der Waals surface area (Å²) in [5, 5.41) is 8.54. The van der Waals surface area contributed by atoms with Gasteiger partial charge in [-0.15, -0.1) is 0 Å². The summed E-state index contributed by atoms with van der Waals surface area (Å²) in [5.74, 6) is 0. The van der Waals surface area contributed by atoms with Gasteiger partial charge >= 0.3 is 0 Å². The molecule has 9 heavy (non-hydrogen) atoms. The van der Waals surface area contributed by atoms with E-state index in [9.17, 15) is 4.39 Å². The van der Waals surface area contributed by atoms with Crippen LogP contribution in [0.1, 0.15) is 25.7 Å². The van der Waals surface area contributed by atoms with Crippen molar-refractivity contribution in [3.8, 4) is 0 Å². The van der Waals surface area contributed by atoms with E-state index < -0.39 is 6.23 Å². The van der Waals surface area contributed by atoms with Crippen LogP contribution in [-0.4, -0.2) is 18.0 Å². The van der Waals surface area contributed by atoms with Gasteiger partial charge in [0, 0.05) is 0 Å². The fourth-order valence-corrected chi connectivity index (χ4v) is 0.625. The molecule has 3 heteroatoms. The molecule has 0 rings (SSSR count). The SMILES string of the molecule is N[C@H](O)CCCCCF. The zero-order valence-corrected chi connectivity index (χ0v) is 5.52. The first-order valence-electron chi connectivity index (χ1n) is 3.27. The van der Waals surface area contributed by atoms with Gasteiger partial charge in [0.2, 0.25) is 0 Å². The van der Waals surface area contributed by atoms with Gasteiger partial charge in [-0.1, -0.05) is 6.42 Å². The van der Waals surface area contributed by atoms with E-state index in [0.717, 1.165) is 12.8 Å². The molecule has 0 saturated heterocycles. The lowest BCUT2D eigenvalue weighted by Gasteiger charge is -2.01. The Kier molecular flexibility index (Phi) is 5.88. The molecule has 0 fully saturated rings. The van der Waals surface area contributed by atoms with Crippen LogP contribution in [0.4, 0.5) is 4.39 Å². The highest BCUT2D eigenvalue weighted by atomic mass is 19.1. The van der Waals surface area contributed by atoms with E-state index in [1.165, 1.54) is 0 Å². The zero-order valence-electron chi connectivity index (χ0n) is 5.52. The Morgan fingerprint density at radius 3 is 2.44 bits per heavy atom. The molecule has 0 aromatic rings. The topological polar surface area (TPSA) is 46.2 Å². The van der Waals surface area contributed by atoms with Crippen molar-refractivity contribution in [2.75, 3.05) is 6.67 Å². The Hall–Kier alpha value is -0.150. The number of unbranched alkanes of at least 4 members (excludes halogenated alkanes) is 2. The Morgan fingerprint density at radius 1 is 1.33 bits per heavy atom. The first-order chi connectivity index (χ1) is 4.27. The van der Waals surface area contributed by atoms with Gasteiger partial charge < -0.3 is 10.8 Å². The number of nitrogens with two attached hydrogens (primary N) is 1. The molecule has 0 amide bonds. The van der Waals surface area contributed by atoms with E-state index in [-0.39, 0.29) is 6.67 Å². The summed E-state index contributed by atoms with van der Waals surface area (Å²) in [4.78, 5) is 0. The number of alkyl halides is 1. The zero-order chi connectivity index (χ0) is 7.11. The van der Waals surface area contributed by atoms with Crippen LogP contribution in [0.3, 0.4) is 0 Å². The van der Waals surface area contributed by atoms with E-state index >= 15 is 0 Å². The van der Waals surface area contributed by atoms with Crippen LogP contribution in [0, 0.1) is 0 Å². The minimum Gasteiger partial charge on any atom is -0.379 e. The predicted molar refractivity (Wildman–Crippen MR) is 34.6 cm³/mol. The van der Waals surface area contributed by atoms with Crippen LogP contribution >= 0.6 is 0 Å². The van der Waals surface area contributed by atoms with Crippen molar-refractivity contribution >= 4 is 0 Å². The van der Waals surface area contributed by atoms with Crippen molar-refractivity contribution in [3.63, 3.8) is 0 Å². The van der Waals surface area contributed by atoms with Crippen LogP contribution in [-0.2, 0) is 0 Å². The lowest BCUT2D eigenvalue weighted by atomic mass is 10.2. The number of aliphatic hydroxyl groups excluding tert-OH is 1. The minimum atomic E-state index is -0.718. The average Bonchev–Trinajstić information content (AvgIpc) is 1.80. The van der Waals surface area contributed by atoms with E-state index in [4.69, 9.17) is 10.8 Å². The third-order valence-electron chi connectivity index (χ3n) is 1.13. The molecule has 0 aromatic carbocycles. The monoisotopic (exact) mass is 135 g/mol. The molecule has 0 aromatic heterocycles. The van der Waals surface area contributed by atoms with E-state index in [0.29, 0.717) is 12.8 Å². The molecule has 0 spiro atoms. The molecular formula is C6H14FNO. The highest BCUT2D eigenvalue weighted by Gasteiger charge is 1.94. The largest absolute Gasteiger partial charge is 0.379 e.